The van der Waals surface area contributed by atoms with Crippen molar-refractivity contribution in [2.45, 2.75) is 6.92 Å². The fourth-order valence-corrected chi connectivity index (χ4v) is 1.47. The van der Waals surface area contributed by atoms with Gasteiger partial charge in [-0.25, -0.2) is 0 Å². The molecule has 0 unspecified atom stereocenters. The molecule has 0 bridgehead atoms. The molecule has 0 saturated carbocycles. The Bertz CT molecular complexity index is 405. The first-order valence-corrected chi connectivity index (χ1v) is 5.74. The van der Waals surface area contributed by atoms with Crippen LogP contribution in [0, 0.1) is 6.92 Å². The number of hydrogen-bond donors (Lipinski definition) is 3. The number of aryl methyl sites for hydroxylation is 1. The highest BCUT2D eigenvalue weighted by molar-refractivity contribution is 5.92. The van der Waals surface area contributed by atoms with Crippen molar-refractivity contribution < 1.29 is 15.3 Å². The maximum absolute atomic E-state index is 10.0. The summed E-state index contributed by atoms with van der Waals surface area (Å²) in [7, 11) is 0. The Labute approximate surface area is 106 Å². The van der Waals surface area contributed by atoms with E-state index in [4.69, 9.17) is 10.2 Å². The summed E-state index contributed by atoms with van der Waals surface area (Å²) in [5.41, 5.74) is 2.16. The smallest absolute Gasteiger partial charge is 0.133 e. The maximum Gasteiger partial charge on any atom is 0.133 e. The standard InChI is InChI=1S/C13H18N2O3/c1-10-6-11(8-14-2-4-16)13(18)12(7-10)9-15-3-5-17/h6-9,16-18H,2-5H2,1H3. The molecule has 5 nitrogen and oxygen atoms in total. The minimum atomic E-state index is -0.0199. The molecular weight excluding hydrogens is 232 g/mol. The predicted molar refractivity (Wildman–Crippen MR) is 71.9 cm³/mol. The molecule has 98 valence electrons. The normalized spacial score (nSPS) is 11.7. The van der Waals surface area contributed by atoms with Gasteiger partial charge in [0.05, 0.1) is 26.3 Å². The second-order valence-corrected chi connectivity index (χ2v) is 3.81. The van der Waals surface area contributed by atoms with E-state index >= 15 is 0 Å². The third-order valence-electron chi connectivity index (χ3n) is 2.23. The van der Waals surface area contributed by atoms with Gasteiger partial charge in [-0.2, -0.15) is 0 Å². The van der Waals surface area contributed by atoms with Gasteiger partial charge >= 0.3 is 0 Å². The molecule has 3 N–H and O–H groups in total. The van der Waals surface area contributed by atoms with E-state index in [-0.39, 0.29) is 19.0 Å². The van der Waals surface area contributed by atoms with E-state index in [0.717, 1.165) is 5.56 Å². The van der Waals surface area contributed by atoms with Gasteiger partial charge in [0.1, 0.15) is 5.75 Å². The molecule has 18 heavy (non-hydrogen) atoms. The average molecular weight is 250 g/mol. The molecule has 0 saturated heterocycles. The van der Waals surface area contributed by atoms with Crippen LogP contribution in [-0.2, 0) is 0 Å². The Morgan fingerprint density at radius 2 is 1.44 bits per heavy atom. The molecule has 0 aliphatic heterocycles. The highest BCUT2D eigenvalue weighted by Gasteiger charge is 2.05. The summed E-state index contributed by atoms with van der Waals surface area (Å²) in [5, 5.41) is 27.3. The number of phenols is 1. The lowest BCUT2D eigenvalue weighted by molar-refractivity contribution is 0.307. The molecule has 0 radical (unpaired) electrons. The van der Waals surface area contributed by atoms with Gasteiger partial charge in [0.15, 0.2) is 0 Å². The topological polar surface area (TPSA) is 85.4 Å². The molecule has 0 fully saturated rings. The Hall–Kier alpha value is -1.72. The van der Waals surface area contributed by atoms with E-state index in [2.05, 4.69) is 9.98 Å². The SMILES string of the molecule is Cc1cc(C=NCCO)c(O)c(C=NCCO)c1. The third kappa shape index (κ3) is 4.27. The molecule has 0 aliphatic carbocycles. The third-order valence-corrected chi connectivity index (χ3v) is 2.23. The lowest BCUT2D eigenvalue weighted by Crippen LogP contribution is -1.95. The fourth-order valence-electron chi connectivity index (χ4n) is 1.47. The van der Waals surface area contributed by atoms with Gasteiger partial charge in [-0.1, -0.05) is 0 Å². The molecule has 0 aromatic heterocycles. The molecular formula is C13H18N2O3. The zero-order valence-electron chi connectivity index (χ0n) is 10.4. The lowest BCUT2D eigenvalue weighted by Gasteiger charge is -2.05. The number of rotatable bonds is 6. The summed E-state index contributed by atoms with van der Waals surface area (Å²) in [6, 6.07) is 3.61. The summed E-state index contributed by atoms with van der Waals surface area (Å²) < 4.78 is 0. The number of phenolic OH excluding ortho intramolecular Hbond substituents is 1. The van der Waals surface area contributed by atoms with Gasteiger partial charge in [-0.15, -0.1) is 0 Å². The van der Waals surface area contributed by atoms with E-state index in [1.54, 1.807) is 12.1 Å². The van der Waals surface area contributed by atoms with Crippen molar-refractivity contribution in [2.75, 3.05) is 26.3 Å². The first-order valence-electron chi connectivity index (χ1n) is 5.74. The van der Waals surface area contributed by atoms with Gasteiger partial charge in [0, 0.05) is 23.6 Å². The van der Waals surface area contributed by atoms with Crippen molar-refractivity contribution in [3.05, 3.63) is 28.8 Å². The van der Waals surface area contributed by atoms with Crippen LogP contribution in [0.15, 0.2) is 22.1 Å². The Kier molecular flexibility index (Phi) is 6.04. The van der Waals surface area contributed by atoms with E-state index in [9.17, 15) is 5.11 Å². The largest absolute Gasteiger partial charge is 0.507 e. The molecule has 0 amide bonds. The first kappa shape index (κ1) is 14.3. The van der Waals surface area contributed by atoms with Crippen LogP contribution in [0.1, 0.15) is 16.7 Å². The summed E-state index contributed by atoms with van der Waals surface area (Å²) >= 11 is 0. The quantitative estimate of drug-likeness (QED) is 0.643. The number of nitrogens with zero attached hydrogens (tertiary/aromatic N) is 2. The predicted octanol–water partition coefficient (Wildman–Crippen LogP) is 0.523. The maximum atomic E-state index is 10.0. The average Bonchev–Trinajstić information content (AvgIpc) is 2.35. The summed E-state index contributed by atoms with van der Waals surface area (Å²) in [4.78, 5) is 7.96. The first-order chi connectivity index (χ1) is 8.69. The van der Waals surface area contributed by atoms with Crippen molar-refractivity contribution in [1.29, 1.82) is 0 Å². The van der Waals surface area contributed by atoms with Crippen LogP contribution < -0.4 is 0 Å². The molecule has 0 spiro atoms. The van der Waals surface area contributed by atoms with Crippen molar-refractivity contribution in [2.24, 2.45) is 9.98 Å². The van der Waals surface area contributed by atoms with Crippen molar-refractivity contribution >= 4 is 12.4 Å². The highest BCUT2D eigenvalue weighted by Crippen LogP contribution is 2.21. The molecule has 0 atom stereocenters. The summed E-state index contributed by atoms with van der Waals surface area (Å²) in [5.74, 6) is 0.101. The summed E-state index contributed by atoms with van der Waals surface area (Å²) in [6.07, 6.45) is 3.06. The van der Waals surface area contributed by atoms with Crippen LogP contribution in [0.5, 0.6) is 5.75 Å². The molecule has 5 heteroatoms. The molecule has 0 aliphatic rings. The van der Waals surface area contributed by atoms with Gasteiger partial charge in [-0.3, -0.25) is 9.98 Å². The molecule has 1 rings (SSSR count). The van der Waals surface area contributed by atoms with Crippen molar-refractivity contribution in [3.63, 3.8) is 0 Å². The minimum Gasteiger partial charge on any atom is -0.507 e. The van der Waals surface area contributed by atoms with Crippen LogP contribution in [-0.4, -0.2) is 54.1 Å². The summed E-state index contributed by atoms with van der Waals surface area (Å²) in [6.45, 7) is 2.48. The van der Waals surface area contributed by atoms with E-state index in [1.807, 2.05) is 6.92 Å². The van der Waals surface area contributed by atoms with Crippen molar-refractivity contribution in [3.8, 4) is 5.75 Å². The van der Waals surface area contributed by atoms with Gasteiger partial charge < -0.3 is 15.3 Å². The zero-order chi connectivity index (χ0) is 13.4. The van der Waals surface area contributed by atoms with Crippen molar-refractivity contribution in [1.82, 2.24) is 0 Å². The fraction of sp³-hybridized carbons (Fsp3) is 0.385. The molecule has 1 aromatic carbocycles. The van der Waals surface area contributed by atoms with Crippen LogP contribution in [0.2, 0.25) is 0 Å². The van der Waals surface area contributed by atoms with Gasteiger partial charge in [0.2, 0.25) is 0 Å². The molecule has 1 aromatic rings. The highest BCUT2D eigenvalue weighted by atomic mass is 16.3. The lowest BCUT2D eigenvalue weighted by atomic mass is 10.1. The minimum absolute atomic E-state index is 0.0199. The van der Waals surface area contributed by atoms with Gasteiger partial charge in [-0.05, 0) is 24.6 Å². The van der Waals surface area contributed by atoms with Crippen LogP contribution in [0.25, 0.3) is 0 Å². The number of hydrogen-bond acceptors (Lipinski definition) is 5. The van der Waals surface area contributed by atoms with E-state index in [0.29, 0.717) is 24.2 Å². The number of aliphatic hydroxyl groups is 2. The van der Waals surface area contributed by atoms with E-state index < -0.39 is 0 Å². The van der Waals surface area contributed by atoms with E-state index in [1.165, 1.54) is 12.4 Å². The Morgan fingerprint density at radius 3 is 1.83 bits per heavy atom. The second kappa shape index (κ2) is 7.58. The Morgan fingerprint density at radius 1 is 1.00 bits per heavy atom. The zero-order valence-corrected chi connectivity index (χ0v) is 10.4. The second-order valence-electron chi connectivity index (χ2n) is 3.81. The number of aliphatic hydroxyl groups excluding tert-OH is 2. The number of aromatic hydroxyl groups is 1. The molecule has 0 heterocycles. The monoisotopic (exact) mass is 250 g/mol. The van der Waals surface area contributed by atoms with Crippen LogP contribution >= 0.6 is 0 Å². The Balaban J connectivity index is 2.98. The van der Waals surface area contributed by atoms with Crippen LogP contribution in [0.3, 0.4) is 0 Å². The van der Waals surface area contributed by atoms with Crippen LogP contribution in [0.4, 0.5) is 0 Å². The van der Waals surface area contributed by atoms with Gasteiger partial charge in [0.25, 0.3) is 0 Å². The number of benzene rings is 1. The number of aliphatic imine (C=N–C) groups is 2.